The molecular weight excluding hydrogens is 386 g/mol. The lowest BCUT2D eigenvalue weighted by Gasteiger charge is -2.05. The number of carbonyl (C=O) groups is 2. The normalized spacial score (nSPS) is 10.9. The van der Waals surface area contributed by atoms with Crippen molar-refractivity contribution in [3.63, 3.8) is 0 Å². The number of carbonyl (C=O) groups excluding carboxylic acids is 2. The maximum Gasteiger partial charge on any atom is 0.305 e. The second kappa shape index (κ2) is 25.2. The van der Waals surface area contributed by atoms with E-state index in [2.05, 4.69) is 17.0 Å². The molecule has 0 fully saturated rings. The van der Waals surface area contributed by atoms with Crippen molar-refractivity contribution in [1.82, 2.24) is 5.32 Å². The largest absolute Gasteiger partial charge is 0.469 e. The third-order valence-electron chi connectivity index (χ3n) is 6.11. The molecule has 0 heterocycles. The Bertz CT molecular complexity index is 398. The zero-order chi connectivity index (χ0) is 22.8. The smallest absolute Gasteiger partial charge is 0.305 e. The second-order valence-corrected chi connectivity index (χ2v) is 9.14. The third kappa shape index (κ3) is 25.1. The summed E-state index contributed by atoms with van der Waals surface area (Å²) in [6, 6.07) is 0. The Hall–Kier alpha value is -1.06. The lowest BCUT2D eigenvalue weighted by molar-refractivity contribution is -0.140. The summed E-state index contributed by atoms with van der Waals surface area (Å²) in [6.45, 7) is 2.85. The molecule has 0 unspecified atom stereocenters. The van der Waals surface area contributed by atoms with Crippen LogP contribution in [0.2, 0.25) is 0 Å². The van der Waals surface area contributed by atoms with Gasteiger partial charge in [-0.05, 0) is 12.8 Å². The van der Waals surface area contributed by atoms with Gasteiger partial charge in [-0.15, -0.1) is 0 Å². The maximum atomic E-state index is 11.7. The number of ether oxygens (including phenoxy) is 1. The molecule has 1 amide bonds. The van der Waals surface area contributed by atoms with E-state index in [0.29, 0.717) is 25.8 Å². The average molecular weight is 440 g/mol. The van der Waals surface area contributed by atoms with Crippen molar-refractivity contribution in [3.05, 3.63) is 0 Å². The minimum Gasteiger partial charge on any atom is -0.469 e. The van der Waals surface area contributed by atoms with Gasteiger partial charge in [-0.25, -0.2) is 0 Å². The van der Waals surface area contributed by atoms with Crippen LogP contribution in [-0.2, 0) is 14.3 Å². The van der Waals surface area contributed by atoms with Crippen molar-refractivity contribution >= 4 is 11.9 Å². The SMILES string of the molecule is CCCCCCCCCCCCCCCCCCCCCC(=O)NCCCC(=O)OC. The van der Waals surface area contributed by atoms with E-state index in [1.54, 1.807) is 0 Å². The van der Waals surface area contributed by atoms with Gasteiger partial charge in [0.05, 0.1) is 7.11 Å². The van der Waals surface area contributed by atoms with Gasteiger partial charge in [0, 0.05) is 19.4 Å². The monoisotopic (exact) mass is 439 g/mol. The Kier molecular flexibility index (Phi) is 24.3. The standard InChI is InChI=1S/C27H53NO3/c1-3-4-5-6-7-8-9-10-11-12-13-14-15-16-17-18-19-20-21-23-26(29)28-25-22-24-27(30)31-2/h3-25H2,1-2H3,(H,28,29). The van der Waals surface area contributed by atoms with Gasteiger partial charge in [-0.1, -0.05) is 122 Å². The predicted molar refractivity (Wildman–Crippen MR) is 132 cm³/mol. The first-order chi connectivity index (χ1) is 15.2. The molecule has 0 rings (SSSR count). The first kappa shape index (κ1) is 29.9. The van der Waals surface area contributed by atoms with E-state index in [-0.39, 0.29) is 11.9 Å². The topological polar surface area (TPSA) is 55.4 Å². The van der Waals surface area contributed by atoms with Crippen molar-refractivity contribution in [2.75, 3.05) is 13.7 Å². The maximum absolute atomic E-state index is 11.7. The first-order valence-electron chi connectivity index (χ1n) is 13.5. The highest BCUT2D eigenvalue weighted by molar-refractivity contribution is 5.75. The fourth-order valence-electron chi connectivity index (χ4n) is 4.01. The molecule has 0 aliphatic heterocycles. The highest BCUT2D eigenvalue weighted by atomic mass is 16.5. The van der Waals surface area contributed by atoms with E-state index in [4.69, 9.17) is 0 Å². The van der Waals surface area contributed by atoms with Gasteiger partial charge in [0.25, 0.3) is 0 Å². The van der Waals surface area contributed by atoms with Crippen molar-refractivity contribution in [2.24, 2.45) is 0 Å². The summed E-state index contributed by atoms with van der Waals surface area (Å²) in [5, 5.41) is 2.87. The van der Waals surface area contributed by atoms with Crippen LogP contribution >= 0.6 is 0 Å². The molecule has 0 aromatic heterocycles. The number of amides is 1. The van der Waals surface area contributed by atoms with Gasteiger partial charge in [-0.2, -0.15) is 0 Å². The van der Waals surface area contributed by atoms with Crippen molar-refractivity contribution in [2.45, 2.75) is 148 Å². The molecule has 0 saturated carbocycles. The lowest BCUT2D eigenvalue weighted by Crippen LogP contribution is -2.24. The predicted octanol–water partition coefficient (Wildman–Crippen LogP) is 7.88. The Balaban J connectivity index is 3.13. The molecule has 0 radical (unpaired) electrons. The second-order valence-electron chi connectivity index (χ2n) is 9.14. The molecular formula is C27H53NO3. The van der Waals surface area contributed by atoms with E-state index in [9.17, 15) is 9.59 Å². The number of methoxy groups -OCH3 is 1. The van der Waals surface area contributed by atoms with Gasteiger partial charge < -0.3 is 10.1 Å². The van der Waals surface area contributed by atoms with Crippen molar-refractivity contribution < 1.29 is 14.3 Å². The van der Waals surface area contributed by atoms with E-state index >= 15 is 0 Å². The summed E-state index contributed by atoms with van der Waals surface area (Å²) >= 11 is 0. The number of hydrogen-bond donors (Lipinski definition) is 1. The average Bonchev–Trinajstić information content (AvgIpc) is 2.78. The summed E-state index contributed by atoms with van der Waals surface area (Å²) in [4.78, 5) is 22.7. The van der Waals surface area contributed by atoms with Crippen LogP contribution < -0.4 is 5.32 Å². The van der Waals surface area contributed by atoms with Crippen LogP contribution in [0.15, 0.2) is 0 Å². The van der Waals surface area contributed by atoms with Crippen LogP contribution in [0.4, 0.5) is 0 Å². The number of unbranched alkanes of at least 4 members (excludes halogenated alkanes) is 18. The quantitative estimate of drug-likeness (QED) is 0.123. The molecule has 184 valence electrons. The van der Waals surface area contributed by atoms with Gasteiger partial charge in [0.2, 0.25) is 5.91 Å². The van der Waals surface area contributed by atoms with Gasteiger partial charge in [-0.3, -0.25) is 9.59 Å². The molecule has 0 spiro atoms. The van der Waals surface area contributed by atoms with Gasteiger partial charge in [0.15, 0.2) is 0 Å². The van der Waals surface area contributed by atoms with Crippen LogP contribution in [-0.4, -0.2) is 25.5 Å². The van der Waals surface area contributed by atoms with Crippen LogP contribution in [0.5, 0.6) is 0 Å². The minimum absolute atomic E-state index is 0.108. The molecule has 31 heavy (non-hydrogen) atoms. The Morgan fingerprint density at radius 1 is 0.548 bits per heavy atom. The zero-order valence-corrected chi connectivity index (χ0v) is 21.0. The summed E-state index contributed by atoms with van der Waals surface area (Å²) in [6.07, 6.45) is 27.6. The molecule has 0 aliphatic rings. The highest BCUT2D eigenvalue weighted by Gasteiger charge is 2.03. The first-order valence-corrected chi connectivity index (χ1v) is 13.5. The molecule has 0 aromatic carbocycles. The van der Waals surface area contributed by atoms with Crippen molar-refractivity contribution in [1.29, 1.82) is 0 Å². The van der Waals surface area contributed by atoms with E-state index in [1.165, 1.54) is 116 Å². The summed E-state index contributed by atoms with van der Waals surface area (Å²) in [5.74, 6) is -0.107. The Labute approximate surface area is 193 Å². The van der Waals surface area contributed by atoms with Crippen LogP contribution in [0, 0.1) is 0 Å². The molecule has 0 bridgehead atoms. The van der Waals surface area contributed by atoms with Gasteiger partial charge >= 0.3 is 5.97 Å². The zero-order valence-electron chi connectivity index (χ0n) is 21.0. The van der Waals surface area contributed by atoms with E-state index < -0.39 is 0 Å². The third-order valence-corrected chi connectivity index (χ3v) is 6.11. The summed E-state index contributed by atoms with van der Waals surface area (Å²) in [5.41, 5.74) is 0. The van der Waals surface area contributed by atoms with Crippen molar-refractivity contribution in [3.8, 4) is 0 Å². The molecule has 0 aliphatic carbocycles. The van der Waals surface area contributed by atoms with Gasteiger partial charge in [0.1, 0.15) is 0 Å². The molecule has 4 nitrogen and oxygen atoms in total. The number of hydrogen-bond acceptors (Lipinski definition) is 3. The molecule has 0 atom stereocenters. The summed E-state index contributed by atoms with van der Waals surface area (Å²) in [7, 11) is 1.39. The van der Waals surface area contributed by atoms with E-state index in [1.807, 2.05) is 0 Å². The molecule has 4 heteroatoms. The molecule has 1 N–H and O–H groups in total. The number of rotatable bonds is 24. The fraction of sp³-hybridized carbons (Fsp3) is 0.926. The minimum atomic E-state index is -0.215. The Morgan fingerprint density at radius 3 is 1.32 bits per heavy atom. The number of esters is 1. The van der Waals surface area contributed by atoms with Crippen LogP contribution in [0.3, 0.4) is 0 Å². The number of nitrogens with one attached hydrogen (secondary N) is 1. The molecule has 0 aromatic rings. The lowest BCUT2D eigenvalue weighted by atomic mass is 10.0. The van der Waals surface area contributed by atoms with Crippen LogP contribution in [0.1, 0.15) is 148 Å². The highest BCUT2D eigenvalue weighted by Crippen LogP contribution is 2.14. The summed E-state index contributed by atoms with van der Waals surface area (Å²) < 4.78 is 4.58. The molecule has 0 saturated heterocycles. The van der Waals surface area contributed by atoms with E-state index in [0.717, 1.165) is 12.8 Å². The fourth-order valence-corrected chi connectivity index (χ4v) is 4.01. The Morgan fingerprint density at radius 2 is 0.935 bits per heavy atom. The van der Waals surface area contributed by atoms with Crippen LogP contribution in [0.25, 0.3) is 0 Å².